The fourth-order valence-corrected chi connectivity index (χ4v) is 3.09. The largest absolute Gasteiger partial charge is 0.458 e. The Kier molecular flexibility index (Phi) is 5.13. The Morgan fingerprint density at radius 2 is 2.04 bits per heavy atom. The van der Waals surface area contributed by atoms with Gasteiger partial charge in [-0.2, -0.15) is 0 Å². The quantitative estimate of drug-likeness (QED) is 0.796. The number of likely N-dealkylation sites (tertiary alicyclic amines) is 1. The van der Waals surface area contributed by atoms with Crippen LogP contribution in [0.25, 0.3) is 0 Å². The Balaban J connectivity index is 1.67. The maximum atomic E-state index is 12.7. The number of amides is 1. The molecule has 120 valence electrons. The highest BCUT2D eigenvalue weighted by molar-refractivity contribution is 9.10. The zero-order chi connectivity index (χ0) is 16.2. The lowest BCUT2D eigenvalue weighted by molar-refractivity contribution is 0.0515. The summed E-state index contributed by atoms with van der Waals surface area (Å²) >= 11 is 9.19. The van der Waals surface area contributed by atoms with Crippen molar-refractivity contribution in [2.45, 2.75) is 18.9 Å². The summed E-state index contributed by atoms with van der Waals surface area (Å²) in [5.74, 6) is 0.00259. The van der Waals surface area contributed by atoms with Gasteiger partial charge < -0.3 is 9.64 Å². The van der Waals surface area contributed by atoms with E-state index in [0.717, 1.165) is 23.9 Å². The molecule has 2 aromatic rings. The van der Waals surface area contributed by atoms with E-state index in [-0.39, 0.29) is 18.0 Å². The van der Waals surface area contributed by atoms with Gasteiger partial charge in [0, 0.05) is 11.0 Å². The van der Waals surface area contributed by atoms with Crippen molar-refractivity contribution in [3.63, 3.8) is 0 Å². The average Bonchev–Trinajstić information content (AvgIpc) is 2.57. The first-order chi connectivity index (χ1) is 11.1. The van der Waals surface area contributed by atoms with E-state index in [0.29, 0.717) is 17.1 Å². The summed E-state index contributed by atoms with van der Waals surface area (Å²) in [5, 5.41) is 0.465. The summed E-state index contributed by atoms with van der Waals surface area (Å²) < 4.78 is 6.57. The maximum absolute atomic E-state index is 12.7. The van der Waals surface area contributed by atoms with Gasteiger partial charge in [-0.3, -0.25) is 4.79 Å². The lowest BCUT2D eigenvalue weighted by Crippen LogP contribution is -2.44. The van der Waals surface area contributed by atoms with Gasteiger partial charge in [-0.1, -0.05) is 23.7 Å². The van der Waals surface area contributed by atoms with E-state index in [9.17, 15) is 4.79 Å². The van der Waals surface area contributed by atoms with Gasteiger partial charge in [-0.25, -0.2) is 9.97 Å². The minimum absolute atomic E-state index is 0.00259. The molecular weight excluding hydrogens is 382 g/mol. The van der Waals surface area contributed by atoms with E-state index in [1.165, 1.54) is 12.4 Å². The van der Waals surface area contributed by atoms with Gasteiger partial charge in [-0.05, 0) is 40.9 Å². The smallest absolute Gasteiger partial charge is 0.316 e. The number of hydrogen-bond acceptors (Lipinski definition) is 4. The van der Waals surface area contributed by atoms with E-state index < -0.39 is 0 Å². The molecule has 1 aliphatic heterocycles. The molecule has 1 amide bonds. The van der Waals surface area contributed by atoms with Gasteiger partial charge in [0.25, 0.3) is 5.91 Å². The number of piperidine rings is 1. The summed E-state index contributed by atoms with van der Waals surface area (Å²) in [6, 6.07) is 7.72. The summed E-state index contributed by atoms with van der Waals surface area (Å²) in [6.45, 7) is 1.24. The van der Waals surface area contributed by atoms with Crippen molar-refractivity contribution in [3.05, 3.63) is 51.7 Å². The van der Waals surface area contributed by atoms with E-state index in [1.807, 2.05) is 29.2 Å². The van der Waals surface area contributed by atoms with Crippen LogP contribution in [0.1, 0.15) is 23.2 Å². The van der Waals surface area contributed by atoms with Crippen molar-refractivity contribution in [1.29, 1.82) is 0 Å². The SMILES string of the molecule is O=C(c1ccccc1Br)N1CCC[C@@H](Oc2ncc(Cl)cn2)C1. The molecule has 0 aliphatic carbocycles. The highest BCUT2D eigenvalue weighted by Gasteiger charge is 2.27. The highest BCUT2D eigenvalue weighted by Crippen LogP contribution is 2.22. The van der Waals surface area contributed by atoms with Crippen LogP contribution in [0.5, 0.6) is 6.01 Å². The Labute approximate surface area is 147 Å². The van der Waals surface area contributed by atoms with Crippen LogP contribution in [0.2, 0.25) is 5.02 Å². The third-order valence-corrected chi connectivity index (χ3v) is 4.53. The van der Waals surface area contributed by atoms with E-state index in [1.54, 1.807) is 0 Å². The monoisotopic (exact) mass is 395 g/mol. The zero-order valence-electron chi connectivity index (χ0n) is 12.3. The number of rotatable bonds is 3. The molecule has 1 fully saturated rings. The highest BCUT2D eigenvalue weighted by atomic mass is 79.9. The molecule has 3 rings (SSSR count). The lowest BCUT2D eigenvalue weighted by Gasteiger charge is -2.32. The molecule has 0 spiro atoms. The second-order valence-corrected chi connectivity index (χ2v) is 6.59. The van der Waals surface area contributed by atoms with Gasteiger partial charge in [0.1, 0.15) is 6.10 Å². The van der Waals surface area contributed by atoms with Crippen molar-refractivity contribution in [1.82, 2.24) is 14.9 Å². The summed E-state index contributed by atoms with van der Waals surface area (Å²) in [4.78, 5) is 22.5. The molecule has 1 aliphatic rings. The van der Waals surface area contributed by atoms with E-state index >= 15 is 0 Å². The first-order valence-electron chi connectivity index (χ1n) is 7.31. The van der Waals surface area contributed by atoms with Gasteiger partial charge in [0.15, 0.2) is 0 Å². The van der Waals surface area contributed by atoms with E-state index in [2.05, 4.69) is 25.9 Å². The van der Waals surface area contributed by atoms with Crippen LogP contribution in [-0.2, 0) is 0 Å². The Bertz CT molecular complexity index is 696. The van der Waals surface area contributed by atoms with Crippen LogP contribution in [0.15, 0.2) is 41.1 Å². The normalized spacial score (nSPS) is 17.8. The first kappa shape index (κ1) is 16.2. The molecule has 5 nitrogen and oxygen atoms in total. The fraction of sp³-hybridized carbons (Fsp3) is 0.312. The van der Waals surface area contributed by atoms with Gasteiger partial charge in [0.05, 0.1) is 29.5 Å². The second-order valence-electron chi connectivity index (χ2n) is 5.30. The molecule has 0 unspecified atom stereocenters. The number of hydrogen-bond donors (Lipinski definition) is 0. The van der Waals surface area contributed by atoms with Gasteiger partial charge in [-0.15, -0.1) is 0 Å². The number of nitrogens with zero attached hydrogens (tertiary/aromatic N) is 3. The van der Waals surface area contributed by atoms with Crippen molar-refractivity contribution < 1.29 is 9.53 Å². The number of halogens is 2. The first-order valence-corrected chi connectivity index (χ1v) is 8.48. The molecule has 1 atom stereocenters. The van der Waals surface area contributed by atoms with Crippen LogP contribution in [0.4, 0.5) is 0 Å². The Morgan fingerprint density at radius 1 is 1.30 bits per heavy atom. The summed E-state index contributed by atoms with van der Waals surface area (Å²) in [5.41, 5.74) is 0.663. The molecule has 0 bridgehead atoms. The summed E-state index contributed by atoms with van der Waals surface area (Å²) in [6.07, 6.45) is 4.63. The minimum atomic E-state index is -0.114. The van der Waals surface area contributed by atoms with Crippen LogP contribution in [-0.4, -0.2) is 40.0 Å². The lowest BCUT2D eigenvalue weighted by atomic mass is 10.1. The molecular formula is C16H15BrClN3O2. The van der Waals surface area contributed by atoms with Crippen molar-refractivity contribution >= 4 is 33.4 Å². The number of ether oxygens (including phenoxy) is 1. The topological polar surface area (TPSA) is 55.3 Å². The standard InChI is InChI=1S/C16H15BrClN3O2/c17-14-6-2-1-5-13(14)15(22)21-7-3-4-12(10-21)23-16-19-8-11(18)9-20-16/h1-2,5-6,8-9,12H,3-4,7,10H2/t12-/m1/s1. The van der Waals surface area contributed by atoms with Crippen LogP contribution in [0.3, 0.4) is 0 Å². The van der Waals surface area contributed by atoms with Crippen LogP contribution >= 0.6 is 27.5 Å². The predicted molar refractivity (Wildman–Crippen MR) is 90.7 cm³/mol. The average molecular weight is 397 g/mol. The predicted octanol–water partition coefficient (Wildman–Crippen LogP) is 3.58. The van der Waals surface area contributed by atoms with Crippen LogP contribution < -0.4 is 4.74 Å². The molecule has 1 aromatic carbocycles. The Morgan fingerprint density at radius 3 is 2.78 bits per heavy atom. The number of benzene rings is 1. The molecule has 0 saturated carbocycles. The van der Waals surface area contributed by atoms with Gasteiger partial charge >= 0.3 is 6.01 Å². The van der Waals surface area contributed by atoms with E-state index in [4.69, 9.17) is 16.3 Å². The molecule has 0 N–H and O–H groups in total. The number of carbonyl (C=O) groups excluding carboxylic acids is 1. The maximum Gasteiger partial charge on any atom is 0.316 e. The molecule has 23 heavy (non-hydrogen) atoms. The zero-order valence-corrected chi connectivity index (χ0v) is 14.6. The fourth-order valence-electron chi connectivity index (χ4n) is 2.53. The van der Waals surface area contributed by atoms with Gasteiger partial charge in [0.2, 0.25) is 0 Å². The molecule has 0 radical (unpaired) electrons. The molecule has 7 heteroatoms. The number of carbonyl (C=O) groups is 1. The minimum Gasteiger partial charge on any atom is -0.458 e. The molecule has 2 heterocycles. The third kappa shape index (κ3) is 4.00. The summed E-state index contributed by atoms with van der Waals surface area (Å²) in [7, 11) is 0. The molecule has 1 aromatic heterocycles. The Hall–Kier alpha value is -1.66. The van der Waals surface area contributed by atoms with Crippen molar-refractivity contribution in [2.24, 2.45) is 0 Å². The van der Waals surface area contributed by atoms with Crippen molar-refractivity contribution in [3.8, 4) is 6.01 Å². The van der Waals surface area contributed by atoms with Crippen LogP contribution in [0, 0.1) is 0 Å². The second kappa shape index (κ2) is 7.27. The van der Waals surface area contributed by atoms with Crippen molar-refractivity contribution in [2.75, 3.05) is 13.1 Å². The molecule has 1 saturated heterocycles. The number of aromatic nitrogens is 2. The third-order valence-electron chi connectivity index (χ3n) is 3.64.